The average molecular weight is 649 g/mol. The Morgan fingerprint density at radius 3 is 1.12 bits per heavy atom. The Kier molecular flexibility index (Phi) is 9.95. The Bertz CT molecular complexity index is 1230. The number of carbonyl (C=O) groups excluding carboxylic acids is 1. The molecule has 0 atom stereocenters. The third-order valence-corrected chi connectivity index (χ3v) is 15.1. The second-order valence-corrected chi connectivity index (χ2v) is 17.3. The Morgan fingerprint density at radius 2 is 0.792 bits per heavy atom. The zero-order valence-corrected chi connectivity index (χ0v) is 30.1. The predicted molar refractivity (Wildman–Crippen MR) is 201 cm³/mol. The van der Waals surface area contributed by atoms with Crippen LogP contribution in [0, 0.1) is 23.7 Å². The SMILES string of the molecule is O=C(CCN1CC(C2CCCCC2)(C2CCCCC2)c2ccccc21)CCN1CC(C2CCCCC2)(C2CCCCC2)c2ccccc21. The van der Waals surface area contributed by atoms with Gasteiger partial charge in [-0.1, -0.05) is 113 Å². The summed E-state index contributed by atoms with van der Waals surface area (Å²) in [5, 5.41) is 0. The number of fused-ring (bicyclic) bond motifs is 2. The number of carbonyl (C=O) groups is 1. The van der Waals surface area contributed by atoms with Gasteiger partial charge in [-0.25, -0.2) is 0 Å². The molecule has 0 unspecified atom stereocenters. The minimum absolute atomic E-state index is 0.293. The summed E-state index contributed by atoms with van der Waals surface area (Å²) in [5.41, 5.74) is 6.79. The minimum Gasteiger partial charge on any atom is -0.370 e. The van der Waals surface area contributed by atoms with Crippen LogP contribution < -0.4 is 9.80 Å². The molecule has 0 spiro atoms. The van der Waals surface area contributed by atoms with Crippen molar-refractivity contribution in [2.75, 3.05) is 36.0 Å². The second-order valence-electron chi connectivity index (χ2n) is 17.3. The number of anilines is 2. The maximum Gasteiger partial charge on any atom is 0.136 e. The number of para-hydroxylation sites is 2. The van der Waals surface area contributed by atoms with E-state index < -0.39 is 0 Å². The van der Waals surface area contributed by atoms with E-state index in [4.69, 9.17) is 0 Å². The number of hydrogen-bond donors (Lipinski definition) is 0. The molecule has 6 aliphatic rings. The van der Waals surface area contributed by atoms with E-state index in [0.717, 1.165) is 49.9 Å². The molecule has 4 fully saturated rings. The van der Waals surface area contributed by atoms with Crippen LogP contribution in [0.5, 0.6) is 0 Å². The third-order valence-electron chi connectivity index (χ3n) is 15.1. The lowest BCUT2D eigenvalue weighted by Crippen LogP contribution is -2.48. The molecule has 48 heavy (non-hydrogen) atoms. The average Bonchev–Trinajstić information content (AvgIpc) is 3.69. The van der Waals surface area contributed by atoms with Crippen molar-refractivity contribution in [1.29, 1.82) is 0 Å². The zero-order valence-electron chi connectivity index (χ0n) is 30.1. The molecule has 2 aromatic carbocycles. The van der Waals surface area contributed by atoms with Crippen LogP contribution in [0.4, 0.5) is 11.4 Å². The molecule has 3 nitrogen and oxygen atoms in total. The molecule has 2 aliphatic heterocycles. The molecule has 0 aromatic heterocycles. The van der Waals surface area contributed by atoms with Crippen LogP contribution in [0.3, 0.4) is 0 Å². The first-order valence-electron chi connectivity index (χ1n) is 20.9. The van der Waals surface area contributed by atoms with Crippen molar-refractivity contribution >= 4 is 17.2 Å². The fourth-order valence-electron chi connectivity index (χ4n) is 12.8. The lowest BCUT2D eigenvalue weighted by atomic mass is 9.57. The maximum atomic E-state index is 13.9. The number of nitrogens with zero attached hydrogens (tertiary/aromatic N) is 2. The highest BCUT2D eigenvalue weighted by molar-refractivity contribution is 5.80. The molecule has 0 bridgehead atoms. The summed E-state index contributed by atoms with van der Waals surface area (Å²) in [5.74, 6) is 3.69. The Labute approximate surface area is 292 Å². The van der Waals surface area contributed by atoms with Crippen LogP contribution in [0.15, 0.2) is 48.5 Å². The van der Waals surface area contributed by atoms with Gasteiger partial charge in [0, 0.05) is 61.2 Å². The number of ketones is 1. The standard InChI is InChI=1S/C45H64N2O/c48-39(29-31-46-33-44(35-17-5-1-6-18-35,36-19-7-2-8-20-36)40-25-13-15-27-42(40)46)30-32-47-34-45(37-21-9-3-10-22-37,38-23-11-4-12-24-38)41-26-14-16-28-43(41)47/h13-16,25-28,35-38H,1-12,17-24,29-34H2. The first kappa shape index (κ1) is 32.9. The van der Waals surface area contributed by atoms with Gasteiger partial charge in [0.05, 0.1) is 0 Å². The number of benzene rings is 2. The molecule has 3 heteroatoms. The molecule has 4 saturated carbocycles. The van der Waals surface area contributed by atoms with E-state index in [0.29, 0.717) is 29.5 Å². The van der Waals surface area contributed by atoms with E-state index in [9.17, 15) is 4.79 Å². The minimum atomic E-state index is 0.293. The molecule has 0 saturated heterocycles. The molecular formula is C45H64N2O. The van der Waals surface area contributed by atoms with Crippen molar-refractivity contribution in [3.05, 3.63) is 59.7 Å². The van der Waals surface area contributed by atoms with Crippen LogP contribution in [0.25, 0.3) is 0 Å². The van der Waals surface area contributed by atoms with E-state index in [1.54, 1.807) is 11.1 Å². The van der Waals surface area contributed by atoms with Gasteiger partial charge in [-0.15, -0.1) is 0 Å². The van der Waals surface area contributed by atoms with Crippen molar-refractivity contribution in [2.24, 2.45) is 23.7 Å². The highest BCUT2D eigenvalue weighted by Crippen LogP contribution is 2.58. The number of rotatable bonds is 10. The highest BCUT2D eigenvalue weighted by atomic mass is 16.1. The Hall–Kier alpha value is -2.29. The smallest absolute Gasteiger partial charge is 0.136 e. The van der Waals surface area contributed by atoms with Crippen molar-refractivity contribution in [1.82, 2.24) is 0 Å². The fourth-order valence-corrected chi connectivity index (χ4v) is 12.8. The summed E-state index contributed by atoms with van der Waals surface area (Å²) in [7, 11) is 0. The van der Waals surface area contributed by atoms with E-state index >= 15 is 0 Å². The molecule has 2 aromatic rings. The van der Waals surface area contributed by atoms with Crippen molar-refractivity contribution in [3.63, 3.8) is 0 Å². The van der Waals surface area contributed by atoms with Crippen LogP contribution in [0.1, 0.15) is 152 Å². The summed E-state index contributed by atoms with van der Waals surface area (Å²) >= 11 is 0. The van der Waals surface area contributed by atoms with E-state index in [1.807, 2.05) is 0 Å². The predicted octanol–water partition coefficient (Wildman–Crippen LogP) is 11.2. The molecule has 4 aliphatic carbocycles. The maximum absolute atomic E-state index is 13.9. The summed E-state index contributed by atoms with van der Waals surface area (Å²) in [6.07, 6.45) is 29.5. The van der Waals surface area contributed by atoms with E-state index in [2.05, 4.69) is 58.3 Å². The lowest BCUT2D eigenvalue weighted by molar-refractivity contribution is -0.118. The third kappa shape index (κ3) is 5.96. The van der Waals surface area contributed by atoms with Gasteiger partial charge in [-0.05, 0) is 98.3 Å². The van der Waals surface area contributed by atoms with Gasteiger partial charge in [0.2, 0.25) is 0 Å². The monoisotopic (exact) mass is 649 g/mol. The van der Waals surface area contributed by atoms with Crippen LogP contribution >= 0.6 is 0 Å². The topological polar surface area (TPSA) is 23.6 Å². The molecule has 0 amide bonds. The van der Waals surface area contributed by atoms with E-state index in [-0.39, 0.29) is 0 Å². The van der Waals surface area contributed by atoms with Gasteiger partial charge >= 0.3 is 0 Å². The first-order chi connectivity index (χ1) is 23.7. The molecule has 0 radical (unpaired) electrons. The summed E-state index contributed by atoms with van der Waals surface area (Å²) < 4.78 is 0. The van der Waals surface area contributed by atoms with Gasteiger partial charge in [-0.3, -0.25) is 4.79 Å². The zero-order chi connectivity index (χ0) is 32.4. The van der Waals surface area contributed by atoms with Gasteiger partial charge in [0.1, 0.15) is 5.78 Å². The van der Waals surface area contributed by atoms with Gasteiger partial charge in [0.25, 0.3) is 0 Å². The van der Waals surface area contributed by atoms with Crippen LogP contribution in [-0.4, -0.2) is 32.0 Å². The molecule has 0 N–H and O–H groups in total. The van der Waals surface area contributed by atoms with Gasteiger partial charge in [0.15, 0.2) is 0 Å². The quantitative estimate of drug-likeness (QED) is 0.256. The van der Waals surface area contributed by atoms with Crippen molar-refractivity contribution in [3.8, 4) is 0 Å². The Morgan fingerprint density at radius 1 is 0.479 bits per heavy atom. The van der Waals surface area contributed by atoms with Gasteiger partial charge < -0.3 is 9.80 Å². The summed E-state index contributed by atoms with van der Waals surface area (Å²) in [4.78, 5) is 19.2. The molecular weight excluding hydrogens is 585 g/mol. The molecule has 8 rings (SSSR count). The van der Waals surface area contributed by atoms with Crippen LogP contribution in [0.2, 0.25) is 0 Å². The summed E-state index contributed by atoms with van der Waals surface area (Å²) in [6.45, 7) is 4.09. The lowest BCUT2D eigenvalue weighted by Gasteiger charge is -2.48. The van der Waals surface area contributed by atoms with Gasteiger partial charge in [-0.2, -0.15) is 0 Å². The number of hydrogen-bond acceptors (Lipinski definition) is 3. The van der Waals surface area contributed by atoms with E-state index in [1.165, 1.54) is 140 Å². The molecule has 2 heterocycles. The number of Topliss-reactive ketones (excluding diaryl/α,β-unsaturated/α-hetero) is 1. The normalized spacial score (nSPS) is 25.2. The summed E-state index contributed by atoms with van der Waals surface area (Å²) in [6, 6.07) is 18.9. The van der Waals surface area contributed by atoms with Crippen molar-refractivity contribution < 1.29 is 4.79 Å². The Balaban J connectivity index is 0.972. The fraction of sp³-hybridized carbons (Fsp3) is 0.711. The largest absolute Gasteiger partial charge is 0.370 e. The first-order valence-corrected chi connectivity index (χ1v) is 20.9. The highest BCUT2D eigenvalue weighted by Gasteiger charge is 2.54. The second kappa shape index (κ2) is 14.5. The van der Waals surface area contributed by atoms with Crippen molar-refractivity contribution in [2.45, 2.75) is 152 Å². The van der Waals surface area contributed by atoms with Crippen LogP contribution in [-0.2, 0) is 15.6 Å². The molecule has 260 valence electrons.